The van der Waals surface area contributed by atoms with Crippen molar-refractivity contribution in [3.8, 4) is 125 Å². The Morgan fingerprint density at radius 1 is 0.295 bits per heavy atom. The summed E-state index contributed by atoms with van der Waals surface area (Å²) in [6.07, 6.45) is 6.92. The maximum Gasteiger partial charge on any atom is 0.201 e. The highest BCUT2D eigenvalue weighted by atomic mass is 15.1. The molecule has 6 aromatic heterocycles. The van der Waals surface area contributed by atoms with Gasteiger partial charge in [-0.1, -0.05) is 158 Å². The summed E-state index contributed by atoms with van der Waals surface area (Å²) in [5.74, 6) is 2.90. The molecule has 6 heterocycles. The number of aromatic nitrogens is 13. The Hall–Kier alpha value is -10.3. The van der Waals surface area contributed by atoms with E-state index in [1.165, 1.54) is 6.33 Å². The van der Waals surface area contributed by atoms with Crippen LogP contribution >= 0.6 is 0 Å². The van der Waals surface area contributed by atoms with Gasteiger partial charge in [0.1, 0.15) is 12.0 Å². The summed E-state index contributed by atoms with van der Waals surface area (Å²) in [5, 5.41) is 0. The summed E-state index contributed by atoms with van der Waals surface area (Å²) in [6, 6.07) is 59.0. The van der Waals surface area contributed by atoms with Gasteiger partial charge < -0.3 is 0 Å². The molecule has 2 aliphatic carbocycles. The minimum atomic E-state index is -0.620. The minimum absolute atomic E-state index is 0.352. The van der Waals surface area contributed by atoms with Gasteiger partial charge in [-0.05, 0) is 57.0 Å². The summed E-state index contributed by atoms with van der Waals surface area (Å²) in [6.45, 7) is 8.60. The van der Waals surface area contributed by atoms with Crippen molar-refractivity contribution in [3.05, 3.63) is 224 Å². The van der Waals surface area contributed by atoms with Crippen LogP contribution in [0.15, 0.2) is 201 Å². The lowest BCUT2D eigenvalue weighted by molar-refractivity contribution is 0.614. The highest BCUT2D eigenvalue weighted by molar-refractivity contribution is 5.90. The third kappa shape index (κ3) is 7.81. The molecule has 0 fully saturated rings. The first-order valence-electron chi connectivity index (χ1n) is 25.7. The molecule has 0 bridgehead atoms. The molecule has 370 valence electrons. The molecular weight excluding hydrogens is 963 g/mol. The van der Waals surface area contributed by atoms with E-state index in [4.69, 9.17) is 54.8 Å². The van der Waals surface area contributed by atoms with E-state index in [1.54, 1.807) is 6.20 Å². The zero-order valence-electron chi connectivity index (χ0n) is 42.9. The number of hydrogen-bond acceptors (Lipinski definition) is 13. The highest BCUT2D eigenvalue weighted by Crippen LogP contribution is 2.51. The van der Waals surface area contributed by atoms with Gasteiger partial charge in [0.05, 0.1) is 56.4 Å². The topological polar surface area (TPSA) is 168 Å². The predicted molar refractivity (Wildman–Crippen MR) is 302 cm³/mol. The Morgan fingerprint density at radius 2 is 0.769 bits per heavy atom. The molecule has 0 N–H and O–H groups in total. The van der Waals surface area contributed by atoms with Crippen LogP contribution in [0.5, 0.6) is 0 Å². The van der Waals surface area contributed by atoms with Gasteiger partial charge in [-0.25, -0.2) is 64.8 Å². The largest absolute Gasteiger partial charge is 0.247 e. The summed E-state index contributed by atoms with van der Waals surface area (Å²) in [4.78, 5) is 65.4. The molecule has 12 aromatic rings. The molecule has 13 heteroatoms. The number of hydrogen-bond donors (Lipinski definition) is 0. The lowest BCUT2D eigenvalue weighted by Gasteiger charge is -2.20. The molecule has 2 aliphatic rings. The van der Waals surface area contributed by atoms with E-state index in [0.29, 0.717) is 40.6 Å². The van der Waals surface area contributed by atoms with Crippen LogP contribution in [0.1, 0.15) is 50.5 Å². The maximum absolute atomic E-state index is 5.52. The van der Waals surface area contributed by atoms with Crippen LogP contribution in [0.4, 0.5) is 0 Å². The molecule has 0 saturated carbocycles. The summed E-state index contributed by atoms with van der Waals surface area (Å²) in [5.41, 5.74) is 16.0. The predicted octanol–water partition coefficient (Wildman–Crippen LogP) is 13.4. The van der Waals surface area contributed by atoms with Crippen LogP contribution in [0.25, 0.3) is 125 Å². The SMILES string of the molecule is CC1(C)c2nc(-c3ccncn3)ncc2-c2nc(-c3ccccc3)c(-c3cccc(-c4cccc(-c5nc(-c6ccccc6)nc(-c6ncc7c(n6)C(C)(C)c6nc(-c8ccccc8)nc(-c8ccccc8)c6-7)n5)c4)c3)nc21. The van der Waals surface area contributed by atoms with Gasteiger partial charge >= 0.3 is 0 Å². The average molecular weight is 1010 g/mol. The van der Waals surface area contributed by atoms with E-state index in [2.05, 4.69) is 98.3 Å². The second-order valence-electron chi connectivity index (χ2n) is 20.4. The molecule has 0 radical (unpaired) electrons. The zero-order chi connectivity index (χ0) is 52.5. The van der Waals surface area contributed by atoms with Gasteiger partial charge in [0, 0.05) is 68.7 Å². The van der Waals surface area contributed by atoms with Crippen LogP contribution in [0, 0.1) is 0 Å². The molecule has 14 rings (SSSR count). The monoisotopic (exact) mass is 1010 g/mol. The summed E-state index contributed by atoms with van der Waals surface area (Å²) in [7, 11) is 0. The molecule has 0 amide bonds. The Morgan fingerprint density at radius 3 is 1.42 bits per heavy atom. The first-order chi connectivity index (χ1) is 38.2. The zero-order valence-corrected chi connectivity index (χ0v) is 42.9. The van der Waals surface area contributed by atoms with Crippen LogP contribution in [-0.2, 0) is 10.8 Å². The number of benzene rings is 6. The van der Waals surface area contributed by atoms with E-state index in [-0.39, 0.29) is 0 Å². The van der Waals surface area contributed by atoms with Gasteiger partial charge in [-0.2, -0.15) is 0 Å². The second kappa shape index (κ2) is 18.2. The number of fused-ring (bicyclic) bond motifs is 6. The van der Waals surface area contributed by atoms with E-state index < -0.39 is 10.8 Å². The minimum Gasteiger partial charge on any atom is -0.247 e. The standard InChI is InChI=1S/C65H45N13/c1-64(2)54-46(49-50(38-19-9-5-10-20-38)72-58(75-56(49)64)40-23-13-7-14-24-40)35-68-62(74-54)63-77-59(41-25-15-8-16-26-41)76-60(78-63)45-30-18-28-43(34-45)42-27-17-29-44(33-42)52-51(39-21-11-6-12-22-39)70-53-47-36-67-61(48-31-32-66-37-69-48)73-55(47)65(3,4)57(53)71-52/h5-37H,1-4H3. The van der Waals surface area contributed by atoms with E-state index in [1.807, 2.05) is 128 Å². The Bertz CT molecular complexity index is 4310. The molecule has 0 unspecified atom stereocenters. The molecule has 0 atom stereocenters. The first kappa shape index (κ1) is 46.3. The van der Waals surface area contributed by atoms with Crippen LogP contribution in [-0.4, -0.2) is 64.8 Å². The quantitative estimate of drug-likeness (QED) is 0.134. The number of nitrogens with zero attached hydrogens (tertiary/aromatic N) is 13. The third-order valence-corrected chi connectivity index (χ3v) is 14.7. The van der Waals surface area contributed by atoms with Crippen molar-refractivity contribution in [2.75, 3.05) is 0 Å². The summed E-state index contributed by atoms with van der Waals surface area (Å²) < 4.78 is 0. The van der Waals surface area contributed by atoms with Crippen molar-refractivity contribution in [2.24, 2.45) is 0 Å². The van der Waals surface area contributed by atoms with E-state index in [0.717, 1.165) is 107 Å². The van der Waals surface area contributed by atoms with Gasteiger partial charge in [0.25, 0.3) is 0 Å². The molecule has 78 heavy (non-hydrogen) atoms. The molecule has 0 spiro atoms. The normalized spacial score (nSPS) is 13.3. The Labute approximate surface area is 449 Å². The average Bonchev–Trinajstić information content (AvgIpc) is 4.07. The van der Waals surface area contributed by atoms with Crippen LogP contribution in [0.2, 0.25) is 0 Å². The maximum atomic E-state index is 5.52. The smallest absolute Gasteiger partial charge is 0.201 e. The fraction of sp³-hybridized carbons (Fsp3) is 0.0923. The van der Waals surface area contributed by atoms with Crippen molar-refractivity contribution in [1.82, 2.24) is 64.8 Å². The fourth-order valence-electron chi connectivity index (χ4n) is 10.7. The fourth-order valence-corrected chi connectivity index (χ4v) is 10.7. The lowest BCUT2D eigenvalue weighted by atomic mass is 9.88. The van der Waals surface area contributed by atoms with Crippen molar-refractivity contribution in [2.45, 2.75) is 38.5 Å². The van der Waals surface area contributed by atoms with E-state index in [9.17, 15) is 0 Å². The molecule has 0 saturated heterocycles. The molecule has 13 nitrogen and oxygen atoms in total. The lowest BCUT2D eigenvalue weighted by Crippen LogP contribution is -2.19. The van der Waals surface area contributed by atoms with E-state index >= 15 is 0 Å². The molecular formula is C65H45N13. The number of rotatable bonds is 9. The van der Waals surface area contributed by atoms with Crippen molar-refractivity contribution in [1.29, 1.82) is 0 Å². The highest BCUT2D eigenvalue weighted by Gasteiger charge is 2.43. The summed E-state index contributed by atoms with van der Waals surface area (Å²) >= 11 is 0. The van der Waals surface area contributed by atoms with Gasteiger partial charge in [-0.3, -0.25) is 0 Å². The van der Waals surface area contributed by atoms with Crippen molar-refractivity contribution < 1.29 is 0 Å². The Balaban J connectivity index is 0.858. The second-order valence-corrected chi connectivity index (χ2v) is 20.4. The molecule has 0 aliphatic heterocycles. The van der Waals surface area contributed by atoms with Gasteiger partial charge in [-0.15, -0.1) is 0 Å². The van der Waals surface area contributed by atoms with Crippen molar-refractivity contribution >= 4 is 0 Å². The van der Waals surface area contributed by atoms with Crippen molar-refractivity contribution in [3.63, 3.8) is 0 Å². The van der Waals surface area contributed by atoms with Gasteiger partial charge in [0.2, 0.25) is 5.82 Å². The molecule has 6 aromatic carbocycles. The van der Waals surface area contributed by atoms with Crippen LogP contribution in [0.3, 0.4) is 0 Å². The first-order valence-corrected chi connectivity index (χ1v) is 25.7. The third-order valence-electron chi connectivity index (χ3n) is 14.7. The van der Waals surface area contributed by atoms with Gasteiger partial charge in [0.15, 0.2) is 29.1 Å². The van der Waals surface area contributed by atoms with Crippen LogP contribution < -0.4 is 0 Å². The Kier molecular flexibility index (Phi) is 10.8.